The van der Waals surface area contributed by atoms with Crippen LogP contribution in [-0.2, 0) is 4.79 Å². The van der Waals surface area contributed by atoms with Gasteiger partial charge in [-0.1, -0.05) is 18.2 Å². The van der Waals surface area contributed by atoms with Gasteiger partial charge >= 0.3 is 0 Å². The van der Waals surface area contributed by atoms with E-state index in [1.54, 1.807) is 11.3 Å². The van der Waals surface area contributed by atoms with E-state index < -0.39 is 0 Å². The predicted octanol–water partition coefficient (Wildman–Crippen LogP) is 4.37. The number of carbonyl (C=O) groups excluding carboxylic acids is 1. The van der Waals surface area contributed by atoms with Gasteiger partial charge in [-0.3, -0.25) is 4.79 Å². The first-order chi connectivity index (χ1) is 12.7. The Kier molecular flexibility index (Phi) is 4.28. The Morgan fingerprint density at radius 1 is 1.12 bits per heavy atom. The minimum absolute atomic E-state index is 0.583. The van der Waals surface area contributed by atoms with E-state index in [1.807, 2.05) is 61.0 Å². The number of thiophene rings is 1. The summed E-state index contributed by atoms with van der Waals surface area (Å²) in [4.78, 5) is 24.4. The van der Waals surface area contributed by atoms with Crippen LogP contribution in [0, 0.1) is 6.92 Å². The minimum atomic E-state index is 0.583. The van der Waals surface area contributed by atoms with Crippen molar-refractivity contribution in [2.45, 2.75) is 6.92 Å². The maximum atomic E-state index is 10.7. The van der Waals surface area contributed by atoms with Gasteiger partial charge in [-0.05, 0) is 42.1 Å². The van der Waals surface area contributed by atoms with Crippen LogP contribution in [0.4, 0.5) is 17.3 Å². The fourth-order valence-corrected chi connectivity index (χ4v) is 3.33. The second-order valence-corrected chi connectivity index (χ2v) is 6.64. The summed E-state index contributed by atoms with van der Waals surface area (Å²) in [5.74, 6) is 2.02. The van der Waals surface area contributed by atoms with E-state index in [4.69, 9.17) is 4.98 Å². The molecule has 0 aliphatic carbocycles. The molecule has 26 heavy (non-hydrogen) atoms. The maximum absolute atomic E-state index is 10.7. The fraction of sp³-hybridized carbons (Fsp3) is 0.0526. The summed E-state index contributed by atoms with van der Waals surface area (Å²) in [5.41, 5.74) is 3.48. The van der Waals surface area contributed by atoms with Gasteiger partial charge in [0.15, 0.2) is 11.6 Å². The zero-order valence-electron chi connectivity index (χ0n) is 13.9. The molecule has 7 heteroatoms. The van der Waals surface area contributed by atoms with E-state index in [1.165, 1.54) is 0 Å². The highest BCUT2D eigenvalue weighted by Gasteiger charge is 2.12. The Balaban J connectivity index is 1.78. The number of anilines is 3. The zero-order chi connectivity index (χ0) is 17.9. The quantitative estimate of drug-likeness (QED) is 0.516. The van der Waals surface area contributed by atoms with Crippen molar-refractivity contribution in [3.05, 3.63) is 59.6 Å². The smallest absolute Gasteiger partial charge is 0.211 e. The first-order valence-corrected chi connectivity index (χ1v) is 8.86. The van der Waals surface area contributed by atoms with Crippen molar-refractivity contribution in [3.63, 3.8) is 0 Å². The number of aromatic nitrogens is 3. The first kappa shape index (κ1) is 16.2. The van der Waals surface area contributed by atoms with E-state index in [9.17, 15) is 4.79 Å². The van der Waals surface area contributed by atoms with E-state index in [0.29, 0.717) is 23.7 Å². The molecule has 0 bridgehead atoms. The zero-order valence-corrected chi connectivity index (χ0v) is 14.7. The van der Waals surface area contributed by atoms with Gasteiger partial charge in [0.05, 0.1) is 10.2 Å². The lowest BCUT2D eigenvalue weighted by Gasteiger charge is -2.09. The van der Waals surface area contributed by atoms with Gasteiger partial charge in [-0.15, -0.1) is 11.3 Å². The molecule has 128 valence electrons. The van der Waals surface area contributed by atoms with E-state index in [2.05, 4.69) is 20.6 Å². The molecule has 3 heterocycles. The monoisotopic (exact) mass is 361 g/mol. The molecule has 0 fully saturated rings. The number of pyridine rings is 1. The highest BCUT2D eigenvalue weighted by molar-refractivity contribution is 7.17. The van der Waals surface area contributed by atoms with Crippen molar-refractivity contribution in [1.29, 1.82) is 0 Å². The number of hydrogen-bond donors (Lipinski definition) is 2. The van der Waals surface area contributed by atoms with Gasteiger partial charge in [0, 0.05) is 17.4 Å². The summed E-state index contributed by atoms with van der Waals surface area (Å²) in [6, 6.07) is 13.3. The number of nitrogens with zero attached hydrogens (tertiary/aromatic N) is 3. The SMILES string of the molecule is Cc1ccc(Nc2nc(-c3cccc(NC=O)c3)nc3ccsc23)nc1. The van der Waals surface area contributed by atoms with Crippen molar-refractivity contribution >= 4 is 45.3 Å². The van der Waals surface area contributed by atoms with Crippen LogP contribution in [0.1, 0.15) is 5.56 Å². The molecule has 0 atom stereocenters. The number of rotatable bonds is 5. The van der Waals surface area contributed by atoms with Gasteiger partial charge < -0.3 is 10.6 Å². The maximum Gasteiger partial charge on any atom is 0.211 e. The molecule has 0 saturated heterocycles. The standard InChI is InChI=1S/C19H15N5OS/c1-12-5-6-16(20-10-12)23-19-17-15(7-8-26-17)22-18(24-19)13-3-2-4-14(9-13)21-11-25/h2-11H,1H3,(H,21,25)(H,20,22,23,24). The number of amides is 1. The molecule has 0 spiro atoms. The molecular weight excluding hydrogens is 346 g/mol. The summed E-state index contributed by atoms with van der Waals surface area (Å²) >= 11 is 1.58. The Labute approximate surface area is 154 Å². The van der Waals surface area contributed by atoms with E-state index in [0.717, 1.165) is 27.2 Å². The van der Waals surface area contributed by atoms with Crippen LogP contribution in [0.25, 0.3) is 21.6 Å². The number of fused-ring (bicyclic) bond motifs is 1. The van der Waals surface area contributed by atoms with Crippen molar-refractivity contribution in [1.82, 2.24) is 15.0 Å². The predicted molar refractivity (Wildman–Crippen MR) is 105 cm³/mol. The number of carbonyl (C=O) groups is 1. The van der Waals surface area contributed by atoms with Crippen molar-refractivity contribution in [3.8, 4) is 11.4 Å². The van der Waals surface area contributed by atoms with Gasteiger partial charge in [-0.2, -0.15) is 0 Å². The largest absolute Gasteiger partial charge is 0.329 e. The van der Waals surface area contributed by atoms with Gasteiger partial charge in [0.2, 0.25) is 6.41 Å². The van der Waals surface area contributed by atoms with Gasteiger partial charge in [0.25, 0.3) is 0 Å². The summed E-state index contributed by atoms with van der Waals surface area (Å²) in [6.07, 6.45) is 2.46. The van der Waals surface area contributed by atoms with Crippen LogP contribution in [-0.4, -0.2) is 21.4 Å². The molecule has 4 aromatic rings. The molecule has 3 aromatic heterocycles. The van der Waals surface area contributed by atoms with Crippen molar-refractivity contribution in [2.75, 3.05) is 10.6 Å². The van der Waals surface area contributed by atoms with Crippen molar-refractivity contribution < 1.29 is 4.79 Å². The molecule has 0 aliphatic rings. The minimum Gasteiger partial charge on any atom is -0.329 e. The summed E-state index contributed by atoms with van der Waals surface area (Å²) in [5, 5.41) is 7.92. The molecule has 6 nitrogen and oxygen atoms in total. The lowest BCUT2D eigenvalue weighted by molar-refractivity contribution is -0.105. The summed E-state index contributed by atoms with van der Waals surface area (Å²) < 4.78 is 0.971. The average Bonchev–Trinajstić information content (AvgIpc) is 3.13. The van der Waals surface area contributed by atoms with Crippen LogP contribution in [0.2, 0.25) is 0 Å². The third kappa shape index (κ3) is 3.25. The van der Waals surface area contributed by atoms with Crippen LogP contribution >= 0.6 is 11.3 Å². The average molecular weight is 361 g/mol. The highest BCUT2D eigenvalue weighted by Crippen LogP contribution is 2.31. The molecule has 2 N–H and O–H groups in total. The molecule has 0 saturated carbocycles. The topological polar surface area (TPSA) is 79.8 Å². The number of benzene rings is 1. The molecule has 0 radical (unpaired) electrons. The lowest BCUT2D eigenvalue weighted by atomic mass is 10.2. The number of aryl methyl sites for hydroxylation is 1. The fourth-order valence-electron chi connectivity index (χ4n) is 2.56. The normalized spacial score (nSPS) is 10.7. The second kappa shape index (κ2) is 6.89. The first-order valence-electron chi connectivity index (χ1n) is 7.98. The molecular formula is C19H15N5OS. The van der Waals surface area contributed by atoms with Crippen LogP contribution in [0.15, 0.2) is 54.0 Å². The van der Waals surface area contributed by atoms with Crippen LogP contribution < -0.4 is 10.6 Å². The lowest BCUT2D eigenvalue weighted by Crippen LogP contribution is -2.00. The molecule has 1 aromatic carbocycles. The van der Waals surface area contributed by atoms with E-state index >= 15 is 0 Å². The highest BCUT2D eigenvalue weighted by atomic mass is 32.1. The van der Waals surface area contributed by atoms with Gasteiger partial charge in [-0.25, -0.2) is 15.0 Å². The third-order valence-electron chi connectivity index (χ3n) is 3.81. The van der Waals surface area contributed by atoms with Crippen molar-refractivity contribution in [2.24, 2.45) is 0 Å². The third-order valence-corrected chi connectivity index (χ3v) is 4.72. The summed E-state index contributed by atoms with van der Waals surface area (Å²) in [7, 11) is 0. The molecule has 0 unspecified atom stereocenters. The number of hydrogen-bond acceptors (Lipinski definition) is 6. The molecule has 4 rings (SSSR count). The summed E-state index contributed by atoms with van der Waals surface area (Å²) in [6.45, 7) is 2.00. The van der Waals surface area contributed by atoms with Crippen LogP contribution in [0.5, 0.6) is 0 Å². The Morgan fingerprint density at radius 2 is 2.04 bits per heavy atom. The molecule has 1 amide bonds. The molecule has 0 aliphatic heterocycles. The Hall–Kier alpha value is -3.32. The number of nitrogens with one attached hydrogen (secondary N) is 2. The second-order valence-electron chi connectivity index (χ2n) is 5.72. The van der Waals surface area contributed by atoms with Crippen LogP contribution in [0.3, 0.4) is 0 Å². The Bertz CT molecular complexity index is 1070. The van der Waals surface area contributed by atoms with E-state index in [-0.39, 0.29) is 0 Å². The Morgan fingerprint density at radius 3 is 2.85 bits per heavy atom. The van der Waals surface area contributed by atoms with Gasteiger partial charge in [0.1, 0.15) is 5.82 Å².